The molecule has 4 amide bonds. The van der Waals surface area contributed by atoms with Crippen molar-refractivity contribution >= 4 is 58.4 Å². The van der Waals surface area contributed by atoms with E-state index in [9.17, 15) is 24.3 Å². The maximum Gasteiger partial charge on any atom is 0.326 e. The van der Waals surface area contributed by atoms with Crippen LogP contribution in [0.3, 0.4) is 0 Å². The van der Waals surface area contributed by atoms with Gasteiger partial charge in [0.05, 0.1) is 54.0 Å². The number of hydrogen-bond donors (Lipinski definition) is 4. The molecule has 1 aromatic heterocycles. The number of ether oxygens (including phenoxy) is 1. The van der Waals surface area contributed by atoms with Crippen molar-refractivity contribution in [3.63, 3.8) is 0 Å². The molecule has 4 rings (SSSR count). The second-order valence-electron chi connectivity index (χ2n) is 10.2. The summed E-state index contributed by atoms with van der Waals surface area (Å²) in [5.41, 5.74) is 2.62. The Labute approximate surface area is 274 Å². The summed E-state index contributed by atoms with van der Waals surface area (Å²) in [7, 11) is 3.05. The van der Waals surface area contributed by atoms with Crippen LogP contribution in [0.25, 0.3) is 0 Å². The molecule has 0 aliphatic carbocycles. The van der Waals surface area contributed by atoms with Crippen molar-refractivity contribution in [2.75, 3.05) is 24.8 Å². The van der Waals surface area contributed by atoms with Gasteiger partial charge in [-0.25, -0.2) is 14.6 Å². The number of aliphatic carboxylic acids is 1. The lowest BCUT2D eigenvalue weighted by atomic mass is 10.1. The fourth-order valence-corrected chi connectivity index (χ4v) is 4.97. The number of likely N-dealkylation sites (N-methyl/N-ethyl adjacent to an activating group) is 1. The number of urea groups is 1. The number of aromatic nitrogens is 1. The Hall–Kier alpha value is -5.07. The average molecular weight is 669 g/mol. The number of halogens is 2. The van der Waals surface area contributed by atoms with E-state index in [1.807, 2.05) is 25.1 Å². The molecule has 0 fully saturated rings. The number of carbonyl (C=O) groups excluding carboxylic acids is 3. The third-order valence-corrected chi connectivity index (χ3v) is 7.48. The largest absolute Gasteiger partial charge is 0.495 e. The minimum atomic E-state index is -1.38. The molecular formula is C32H31Cl2N5O7. The molecule has 0 saturated heterocycles. The van der Waals surface area contributed by atoms with Crippen molar-refractivity contribution in [1.29, 1.82) is 0 Å². The molecule has 0 spiro atoms. The molecule has 0 aliphatic heterocycles. The maximum absolute atomic E-state index is 13.0. The summed E-state index contributed by atoms with van der Waals surface area (Å²) >= 11 is 12.1. The molecule has 0 radical (unpaired) electrons. The Morgan fingerprint density at radius 3 is 2.37 bits per heavy atom. The van der Waals surface area contributed by atoms with E-state index < -0.39 is 23.9 Å². The Balaban J connectivity index is 1.33. The number of carboxylic acids is 1. The summed E-state index contributed by atoms with van der Waals surface area (Å²) < 4.78 is 11.1. The molecule has 12 nitrogen and oxygen atoms in total. The first-order valence-electron chi connectivity index (χ1n) is 13.9. The number of carboxylic acid groups (broad SMARTS) is 1. The lowest BCUT2D eigenvalue weighted by molar-refractivity contribution is -0.139. The van der Waals surface area contributed by atoms with E-state index in [1.165, 1.54) is 30.3 Å². The molecule has 4 aromatic rings. The molecule has 0 bridgehead atoms. The van der Waals surface area contributed by atoms with Crippen LogP contribution in [0.1, 0.15) is 33.1 Å². The number of rotatable bonds is 12. The zero-order valence-electron chi connectivity index (χ0n) is 25.1. The number of para-hydroxylation sites is 1. The molecule has 0 saturated carbocycles. The fraction of sp³-hybridized carbons (Fsp3) is 0.219. The van der Waals surface area contributed by atoms with Gasteiger partial charge in [-0.15, -0.1) is 0 Å². The highest BCUT2D eigenvalue weighted by atomic mass is 35.5. The highest BCUT2D eigenvalue weighted by molar-refractivity contribution is 6.39. The van der Waals surface area contributed by atoms with Crippen LogP contribution < -0.4 is 20.7 Å². The van der Waals surface area contributed by atoms with Crippen molar-refractivity contribution in [2.45, 2.75) is 32.4 Å². The topological polar surface area (TPSA) is 163 Å². The van der Waals surface area contributed by atoms with Crippen molar-refractivity contribution in [1.82, 2.24) is 15.2 Å². The number of oxazole rings is 1. The second-order valence-corrected chi connectivity index (χ2v) is 11.1. The zero-order valence-corrected chi connectivity index (χ0v) is 26.6. The van der Waals surface area contributed by atoms with Crippen LogP contribution in [0, 0.1) is 6.92 Å². The number of nitrogens with one attached hydrogen (secondary N) is 3. The summed E-state index contributed by atoms with van der Waals surface area (Å²) in [6.45, 7) is 1.94. The summed E-state index contributed by atoms with van der Waals surface area (Å²) in [5.74, 6) is -1.58. The minimum absolute atomic E-state index is 0.0290. The molecule has 1 heterocycles. The third-order valence-electron chi connectivity index (χ3n) is 6.85. The van der Waals surface area contributed by atoms with Crippen LogP contribution in [0.4, 0.5) is 16.2 Å². The van der Waals surface area contributed by atoms with E-state index in [4.69, 9.17) is 32.4 Å². The van der Waals surface area contributed by atoms with Crippen LogP contribution in [0.2, 0.25) is 10.0 Å². The predicted molar refractivity (Wildman–Crippen MR) is 173 cm³/mol. The Morgan fingerprint density at radius 2 is 1.70 bits per heavy atom. The van der Waals surface area contributed by atoms with Gasteiger partial charge in [-0.1, -0.05) is 53.5 Å². The van der Waals surface area contributed by atoms with Crippen molar-refractivity contribution in [3.05, 3.63) is 105 Å². The number of hydrogen-bond acceptors (Lipinski definition) is 7. The normalized spacial score (nSPS) is 11.3. The molecule has 46 heavy (non-hydrogen) atoms. The van der Waals surface area contributed by atoms with Crippen molar-refractivity contribution in [3.8, 4) is 5.75 Å². The molecule has 0 aliphatic rings. The standard InChI is InChI=1S/C32H31Cl2N5O7/c1-18-7-4-5-10-23(18)37-32(44)38-24-12-11-19(13-26(24)45-3)14-28(40)39(2)17-20-16-35-27(46-20)15-25(31(42)43)36-30(41)29-21(33)8-6-9-22(29)34/h4-13,16,25H,14-15,17H2,1-3H3,(H,36,41)(H,42,43)(H2,37,38,44). The lowest BCUT2D eigenvalue weighted by Gasteiger charge is -2.17. The number of carbonyl (C=O) groups is 4. The van der Waals surface area contributed by atoms with Gasteiger partial charge in [0.25, 0.3) is 5.91 Å². The van der Waals surface area contributed by atoms with Crippen LogP contribution in [0.15, 0.2) is 71.3 Å². The van der Waals surface area contributed by atoms with E-state index in [0.29, 0.717) is 28.4 Å². The maximum atomic E-state index is 13.0. The van der Waals surface area contributed by atoms with E-state index >= 15 is 0 Å². The number of anilines is 2. The van der Waals surface area contributed by atoms with E-state index in [0.717, 1.165) is 5.56 Å². The lowest BCUT2D eigenvalue weighted by Crippen LogP contribution is -2.42. The van der Waals surface area contributed by atoms with E-state index in [1.54, 1.807) is 37.4 Å². The first kappa shape index (κ1) is 33.8. The number of nitrogens with zero attached hydrogens (tertiary/aromatic N) is 2. The molecule has 14 heteroatoms. The van der Waals surface area contributed by atoms with Crippen LogP contribution >= 0.6 is 23.2 Å². The Bertz CT molecular complexity index is 1740. The van der Waals surface area contributed by atoms with Crippen LogP contribution in [-0.4, -0.2) is 59.0 Å². The first-order valence-corrected chi connectivity index (χ1v) is 14.7. The van der Waals surface area contributed by atoms with Gasteiger partial charge < -0.3 is 35.1 Å². The minimum Gasteiger partial charge on any atom is -0.495 e. The SMILES string of the molecule is COc1cc(CC(=O)N(C)Cc2cnc(CC(NC(=O)c3c(Cl)cccc3Cl)C(=O)O)o2)ccc1NC(=O)Nc1ccccc1C. The first-order chi connectivity index (χ1) is 21.9. The highest BCUT2D eigenvalue weighted by Gasteiger charge is 2.26. The molecular weight excluding hydrogens is 637 g/mol. The summed E-state index contributed by atoms with van der Waals surface area (Å²) in [5, 5.41) is 17.8. The summed E-state index contributed by atoms with van der Waals surface area (Å²) in [6, 6.07) is 15.1. The van der Waals surface area contributed by atoms with E-state index in [2.05, 4.69) is 20.9 Å². The molecule has 1 unspecified atom stereocenters. The van der Waals surface area contributed by atoms with Gasteiger partial charge in [0.15, 0.2) is 5.89 Å². The van der Waals surface area contributed by atoms with Crippen LogP contribution in [-0.2, 0) is 29.0 Å². The third kappa shape index (κ3) is 8.77. The quantitative estimate of drug-likeness (QED) is 0.152. The van der Waals surface area contributed by atoms with Gasteiger partial charge >= 0.3 is 12.0 Å². The number of benzene rings is 3. The molecule has 1 atom stereocenters. The smallest absolute Gasteiger partial charge is 0.326 e. The van der Waals surface area contributed by atoms with Gasteiger partial charge in [0, 0.05) is 12.7 Å². The molecule has 4 N–H and O–H groups in total. The van der Waals surface area contributed by atoms with Gasteiger partial charge in [-0.3, -0.25) is 9.59 Å². The highest BCUT2D eigenvalue weighted by Crippen LogP contribution is 2.27. The number of methoxy groups -OCH3 is 1. The van der Waals surface area contributed by atoms with Crippen molar-refractivity contribution < 1.29 is 33.4 Å². The van der Waals surface area contributed by atoms with Gasteiger partial charge in [-0.2, -0.15) is 0 Å². The van der Waals surface area contributed by atoms with Gasteiger partial charge in [0.1, 0.15) is 17.6 Å². The summed E-state index contributed by atoms with van der Waals surface area (Å²) in [6.07, 6.45) is 1.15. The second kappa shape index (κ2) is 15.3. The molecule has 240 valence electrons. The molecule has 3 aromatic carbocycles. The van der Waals surface area contributed by atoms with E-state index in [-0.39, 0.29) is 46.8 Å². The Morgan fingerprint density at radius 1 is 1.00 bits per heavy atom. The fourth-order valence-electron chi connectivity index (χ4n) is 4.40. The average Bonchev–Trinajstić information content (AvgIpc) is 3.45. The van der Waals surface area contributed by atoms with Gasteiger partial charge in [-0.05, 0) is 48.4 Å². The monoisotopic (exact) mass is 667 g/mol. The van der Waals surface area contributed by atoms with Crippen molar-refractivity contribution in [2.24, 2.45) is 0 Å². The number of amides is 4. The zero-order chi connectivity index (χ0) is 33.4. The van der Waals surface area contributed by atoms with Gasteiger partial charge in [0.2, 0.25) is 5.91 Å². The van der Waals surface area contributed by atoms with Crippen LogP contribution in [0.5, 0.6) is 5.75 Å². The predicted octanol–water partition coefficient (Wildman–Crippen LogP) is 5.57. The Kier molecular flexibility index (Phi) is 11.2. The summed E-state index contributed by atoms with van der Waals surface area (Å²) in [4.78, 5) is 55.6. The number of aryl methyl sites for hydroxylation is 1.